The molecule has 0 saturated heterocycles. The number of nitrogens with zero attached hydrogens (tertiary/aromatic N) is 2. The number of rotatable bonds is 4. The van der Waals surface area contributed by atoms with Crippen molar-refractivity contribution in [3.63, 3.8) is 0 Å². The van der Waals surface area contributed by atoms with Crippen molar-refractivity contribution < 1.29 is 9.18 Å². The number of hydrogen-bond donors (Lipinski definition) is 0. The summed E-state index contributed by atoms with van der Waals surface area (Å²) in [6.45, 7) is 4.21. The highest BCUT2D eigenvalue weighted by atomic mass is 19.1. The summed E-state index contributed by atoms with van der Waals surface area (Å²) in [5.74, 6) is -0.339. The molecule has 0 saturated carbocycles. The smallest absolute Gasteiger partial charge is 0.227 e. The number of halogens is 1. The zero-order valence-electron chi connectivity index (χ0n) is 14.7. The van der Waals surface area contributed by atoms with Gasteiger partial charge < -0.3 is 4.90 Å². The minimum absolute atomic E-state index is 0.0495. The average molecular weight is 336 g/mol. The quantitative estimate of drug-likeness (QED) is 0.716. The fraction of sp³-hybridized carbons (Fsp3) is 0.238. The maximum absolute atomic E-state index is 13.8. The standard InChI is InChI=1S/C21H21FN2O/c1-14-17-9-5-7-11-20(17)23-15(2)18(14)12-21(25)24(3)13-16-8-4-6-10-19(16)22/h4-11H,12-13H2,1-3H3. The van der Waals surface area contributed by atoms with Crippen LogP contribution in [0.3, 0.4) is 0 Å². The third-order valence-corrected chi connectivity index (χ3v) is 4.60. The Balaban J connectivity index is 1.83. The molecule has 0 N–H and O–H groups in total. The van der Waals surface area contributed by atoms with E-state index in [1.165, 1.54) is 6.07 Å². The number of carbonyl (C=O) groups is 1. The van der Waals surface area contributed by atoms with Gasteiger partial charge in [-0.15, -0.1) is 0 Å². The van der Waals surface area contributed by atoms with Crippen molar-refractivity contribution in [3.05, 3.63) is 76.7 Å². The highest BCUT2D eigenvalue weighted by Gasteiger charge is 2.16. The number of amides is 1. The van der Waals surface area contributed by atoms with E-state index in [1.807, 2.05) is 38.1 Å². The molecular weight excluding hydrogens is 315 g/mol. The van der Waals surface area contributed by atoms with Crippen molar-refractivity contribution in [2.45, 2.75) is 26.8 Å². The number of para-hydroxylation sites is 1. The summed E-state index contributed by atoms with van der Waals surface area (Å²) in [6, 6.07) is 14.5. The van der Waals surface area contributed by atoms with Crippen LogP contribution >= 0.6 is 0 Å². The van der Waals surface area contributed by atoms with Gasteiger partial charge in [-0.3, -0.25) is 9.78 Å². The van der Waals surface area contributed by atoms with Crippen LogP contribution in [0.4, 0.5) is 4.39 Å². The van der Waals surface area contributed by atoms with Crippen LogP contribution in [0.2, 0.25) is 0 Å². The Kier molecular flexibility index (Phi) is 4.79. The zero-order chi connectivity index (χ0) is 18.0. The van der Waals surface area contributed by atoms with E-state index in [1.54, 1.807) is 30.1 Å². The van der Waals surface area contributed by atoms with E-state index in [0.29, 0.717) is 5.56 Å². The summed E-state index contributed by atoms with van der Waals surface area (Å²) in [4.78, 5) is 18.8. The van der Waals surface area contributed by atoms with Crippen molar-refractivity contribution in [1.29, 1.82) is 0 Å². The maximum Gasteiger partial charge on any atom is 0.227 e. The summed E-state index contributed by atoms with van der Waals surface area (Å²) in [7, 11) is 1.70. The molecule has 2 aromatic carbocycles. The van der Waals surface area contributed by atoms with Gasteiger partial charge in [-0.2, -0.15) is 0 Å². The second-order valence-corrected chi connectivity index (χ2v) is 6.34. The molecule has 0 radical (unpaired) electrons. The first-order chi connectivity index (χ1) is 12.0. The van der Waals surface area contributed by atoms with Crippen LogP contribution in [0, 0.1) is 19.7 Å². The molecule has 0 aliphatic rings. The SMILES string of the molecule is Cc1nc2ccccc2c(C)c1CC(=O)N(C)Cc1ccccc1F. The Bertz CT molecular complexity index is 936. The van der Waals surface area contributed by atoms with Gasteiger partial charge >= 0.3 is 0 Å². The third kappa shape index (κ3) is 3.53. The molecule has 0 bridgehead atoms. The maximum atomic E-state index is 13.8. The first-order valence-electron chi connectivity index (χ1n) is 8.29. The number of pyridine rings is 1. The Morgan fingerprint density at radius 3 is 2.52 bits per heavy atom. The summed E-state index contributed by atoms with van der Waals surface area (Å²) >= 11 is 0. The second-order valence-electron chi connectivity index (χ2n) is 6.34. The predicted molar refractivity (Wildman–Crippen MR) is 97.8 cm³/mol. The number of fused-ring (bicyclic) bond motifs is 1. The van der Waals surface area contributed by atoms with Crippen LogP contribution < -0.4 is 0 Å². The lowest BCUT2D eigenvalue weighted by Crippen LogP contribution is -2.28. The van der Waals surface area contributed by atoms with Crippen molar-refractivity contribution in [2.75, 3.05) is 7.05 Å². The van der Waals surface area contributed by atoms with Crippen LogP contribution in [-0.2, 0) is 17.8 Å². The van der Waals surface area contributed by atoms with Gasteiger partial charge in [0.2, 0.25) is 5.91 Å². The lowest BCUT2D eigenvalue weighted by molar-refractivity contribution is -0.129. The van der Waals surface area contributed by atoms with Gasteiger partial charge in [-0.1, -0.05) is 36.4 Å². The highest BCUT2D eigenvalue weighted by molar-refractivity contribution is 5.86. The van der Waals surface area contributed by atoms with Gasteiger partial charge in [0, 0.05) is 30.2 Å². The van der Waals surface area contributed by atoms with Crippen molar-refractivity contribution >= 4 is 16.8 Å². The van der Waals surface area contributed by atoms with Crippen LogP contribution in [-0.4, -0.2) is 22.8 Å². The van der Waals surface area contributed by atoms with Crippen LogP contribution in [0.1, 0.15) is 22.4 Å². The minimum atomic E-state index is -0.290. The van der Waals surface area contributed by atoms with Gasteiger partial charge in [0.1, 0.15) is 5.82 Å². The number of aromatic nitrogens is 1. The normalized spacial score (nSPS) is 10.9. The highest BCUT2D eigenvalue weighted by Crippen LogP contribution is 2.23. The molecule has 4 heteroatoms. The molecule has 1 heterocycles. The summed E-state index contributed by atoms with van der Waals surface area (Å²) < 4.78 is 13.8. The first kappa shape index (κ1) is 17.1. The number of carbonyl (C=O) groups excluding carboxylic acids is 1. The molecule has 1 amide bonds. The van der Waals surface area contributed by atoms with Crippen LogP contribution in [0.25, 0.3) is 10.9 Å². The number of hydrogen-bond acceptors (Lipinski definition) is 2. The van der Waals surface area contributed by atoms with Crippen molar-refractivity contribution in [2.24, 2.45) is 0 Å². The van der Waals surface area contributed by atoms with E-state index in [4.69, 9.17) is 0 Å². The number of aryl methyl sites for hydroxylation is 2. The lowest BCUT2D eigenvalue weighted by Gasteiger charge is -2.19. The molecule has 0 aliphatic heterocycles. The molecule has 0 spiro atoms. The number of benzene rings is 2. The van der Waals surface area contributed by atoms with E-state index < -0.39 is 0 Å². The zero-order valence-corrected chi connectivity index (χ0v) is 14.7. The largest absolute Gasteiger partial charge is 0.341 e. The van der Waals surface area contributed by atoms with E-state index in [2.05, 4.69) is 4.98 Å². The van der Waals surface area contributed by atoms with E-state index in [-0.39, 0.29) is 24.7 Å². The Morgan fingerprint density at radius 1 is 1.08 bits per heavy atom. The molecule has 3 nitrogen and oxygen atoms in total. The van der Waals surface area contributed by atoms with Crippen LogP contribution in [0.5, 0.6) is 0 Å². The minimum Gasteiger partial charge on any atom is -0.341 e. The van der Waals surface area contributed by atoms with Crippen molar-refractivity contribution in [1.82, 2.24) is 9.88 Å². The fourth-order valence-electron chi connectivity index (χ4n) is 3.09. The molecule has 0 fully saturated rings. The van der Waals surface area contributed by atoms with Gasteiger partial charge in [-0.25, -0.2) is 4.39 Å². The Morgan fingerprint density at radius 2 is 1.76 bits per heavy atom. The molecule has 0 atom stereocenters. The van der Waals surface area contributed by atoms with Gasteiger partial charge in [0.05, 0.1) is 11.9 Å². The lowest BCUT2D eigenvalue weighted by atomic mass is 9.99. The predicted octanol–water partition coefficient (Wildman–Crippen LogP) is 4.19. The van der Waals surface area contributed by atoms with Crippen molar-refractivity contribution in [3.8, 4) is 0 Å². The summed E-state index contributed by atoms with van der Waals surface area (Å²) in [6.07, 6.45) is 0.264. The Hall–Kier alpha value is -2.75. The van der Waals surface area contributed by atoms with E-state index >= 15 is 0 Å². The molecule has 0 unspecified atom stereocenters. The first-order valence-corrected chi connectivity index (χ1v) is 8.29. The molecule has 25 heavy (non-hydrogen) atoms. The Labute approximate surface area is 147 Å². The molecule has 0 aliphatic carbocycles. The fourth-order valence-corrected chi connectivity index (χ4v) is 3.09. The van der Waals surface area contributed by atoms with E-state index in [0.717, 1.165) is 27.7 Å². The second kappa shape index (κ2) is 7.01. The molecule has 3 rings (SSSR count). The van der Waals surface area contributed by atoms with Gasteiger partial charge in [-0.05, 0) is 37.1 Å². The summed E-state index contributed by atoms with van der Waals surface area (Å²) in [5.41, 5.74) is 4.35. The summed E-state index contributed by atoms with van der Waals surface area (Å²) in [5, 5.41) is 1.06. The number of likely N-dealkylation sites (N-methyl/N-ethyl adjacent to an activating group) is 1. The average Bonchev–Trinajstić information content (AvgIpc) is 2.60. The molecular formula is C21H21FN2O. The van der Waals surface area contributed by atoms with Gasteiger partial charge in [0.15, 0.2) is 0 Å². The monoisotopic (exact) mass is 336 g/mol. The van der Waals surface area contributed by atoms with Gasteiger partial charge in [0.25, 0.3) is 0 Å². The topological polar surface area (TPSA) is 33.2 Å². The third-order valence-electron chi connectivity index (χ3n) is 4.60. The van der Waals surface area contributed by atoms with Crippen LogP contribution in [0.15, 0.2) is 48.5 Å². The molecule has 128 valence electrons. The molecule has 1 aromatic heterocycles. The molecule has 3 aromatic rings. The van der Waals surface area contributed by atoms with E-state index in [9.17, 15) is 9.18 Å².